The molecule has 31 heavy (non-hydrogen) atoms. The maximum atomic E-state index is 11.1. The topological polar surface area (TPSA) is 76.5 Å². The summed E-state index contributed by atoms with van der Waals surface area (Å²) in [5.74, 6) is -0.324. The van der Waals surface area contributed by atoms with Crippen molar-refractivity contribution < 1.29 is 19.7 Å². The van der Waals surface area contributed by atoms with E-state index in [0.717, 1.165) is 63.2 Å². The van der Waals surface area contributed by atoms with Gasteiger partial charge in [0.25, 0.3) is 0 Å². The third-order valence-corrected chi connectivity index (χ3v) is 6.61. The molecule has 2 saturated heterocycles. The Kier molecular flexibility index (Phi) is 7.97. The van der Waals surface area contributed by atoms with Crippen molar-refractivity contribution in [1.29, 1.82) is 0 Å². The van der Waals surface area contributed by atoms with E-state index in [-0.39, 0.29) is 24.2 Å². The lowest BCUT2D eigenvalue weighted by atomic mass is 9.86. The number of nitrogens with zero attached hydrogens (tertiary/aromatic N) is 3. The molecule has 0 spiro atoms. The molecule has 2 heterocycles. The lowest BCUT2D eigenvalue weighted by Crippen LogP contribution is -2.52. The first-order chi connectivity index (χ1) is 14.6. The van der Waals surface area contributed by atoms with E-state index in [1.54, 1.807) is 0 Å². The fourth-order valence-corrected chi connectivity index (χ4v) is 4.53. The van der Waals surface area contributed by atoms with Crippen LogP contribution in [0.5, 0.6) is 5.75 Å². The molecule has 1 aromatic rings. The van der Waals surface area contributed by atoms with Crippen molar-refractivity contribution in [3.8, 4) is 5.75 Å². The molecule has 0 unspecified atom stereocenters. The zero-order valence-corrected chi connectivity index (χ0v) is 19.5. The Hall–Kier alpha value is -1.67. The van der Waals surface area contributed by atoms with Crippen LogP contribution in [0.1, 0.15) is 44.7 Å². The van der Waals surface area contributed by atoms with Crippen LogP contribution < -0.4 is 4.74 Å². The molecule has 2 aliphatic rings. The van der Waals surface area contributed by atoms with Crippen LogP contribution in [0.15, 0.2) is 18.2 Å². The fraction of sp³-hybridized carbons (Fsp3) is 0.708. The molecule has 2 fully saturated rings. The number of aliphatic hydroxyl groups excluding tert-OH is 1. The Morgan fingerprint density at radius 1 is 1.10 bits per heavy atom. The van der Waals surface area contributed by atoms with E-state index >= 15 is 0 Å². The lowest BCUT2D eigenvalue weighted by molar-refractivity contribution is -0.139. The third kappa shape index (κ3) is 6.65. The Morgan fingerprint density at radius 3 is 2.42 bits per heavy atom. The highest BCUT2D eigenvalue weighted by molar-refractivity contribution is 5.68. The predicted molar refractivity (Wildman–Crippen MR) is 122 cm³/mol. The summed E-state index contributed by atoms with van der Waals surface area (Å²) in [5, 5.41) is 19.9. The van der Waals surface area contributed by atoms with E-state index < -0.39 is 5.97 Å². The highest BCUT2D eigenvalue weighted by Crippen LogP contribution is 2.30. The van der Waals surface area contributed by atoms with Gasteiger partial charge < -0.3 is 19.8 Å². The minimum absolute atomic E-state index is 0.0394. The molecule has 0 aromatic heterocycles. The van der Waals surface area contributed by atoms with E-state index in [4.69, 9.17) is 9.84 Å². The highest BCUT2D eigenvalue weighted by atomic mass is 16.5. The van der Waals surface area contributed by atoms with Crippen molar-refractivity contribution in [2.75, 3.05) is 52.9 Å². The van der Waals surface area contributed by atoms with Gasteiger partial charge in [0.05, 0.1) is 6.10 Å². The van der Waals surface area contributed by atoms with Gasteiger partial charge in [-0.25, -0.2) is 4.79 Å². The maximum absolute atomic E-state index is 11.1. The number of hydrogen-bond acceptors (Lipinski definition) is 6. The molecule has 2 atom stereocenters. The van der Waals surface area contributed by atoms with Crippen LogP contribution in [0.2, 0.25) is 0 Å². The van der Waals surface area contributed by atoms with Crippen molar-refractivity contribution in [2.24, 2.45) is 0 Å². The molecule has 0 saturated carbocycles. The molecule has 0 bridgehead atoms. The summed E-state index contributed by atoms with van der Waals surface area (Å²) in [5.41, 5.74) is 2.09. The number of carbonyl (C=O) groups is 1. The van der Waals surface area contributed by atoms with Crippen LogP contribution in [-0.2, 0) is 16.8 Å². The molecule has 7 nitrogen and oxygen atoms in total. The Morgan fingerprint density at radius 2 is 1.77 bits per heavy atom. The number of benzene rings is 1. The van der Waals surface area contributed by atoms with Crippen molar-refractivity contribution in [1.82, 2.24) is 14.7 Å². The van der Waals surface area contributed by atoms with Gasteiger partial charge in [0.1, 0.15) is 5.75 Å². The number of rotatable bonds is 6. The monoisotopic (exact) mass is 433 g/mol. The molecule has 0 amide bonds. The van der Waals surface area contributed by atoms with Crippen LogP contribution in [0.4, 0.5) is 0 Å². The second-order valence-corrected chi connectivity index (χ2v) is 10.1. The molecular weight excluding hydrogens is 394 g/mol. The van der Waals surface area contributed by atoms with Gasteiger partial charge in [0.15, 0.2) is 6.61 Å². The number of aliphatic hydroxyl groups is 1. The molecule has 2 N–H and O–H groups in total. The smallest absolute Gasteiger partial charge is 0.341 e. The number of piperazine rings is 1. The van der Waals surface area contributed by atoms with Crippen molar-refractivity contribution in [2.45, 2.75) is 57.7 Å². The van der Waals surface area contributed by atoms with Gasteiger partial charge in [0.2, 0.25) is 0 Å². The summed E-state index contributed by atoms with van der Waals surface area (Å²) in [4.78, 5) is 18.2. The standard InChI is InChI=1S/C24H39N3O4/c1-24(2,3)19-6-5-18(22(15-19)31-17-23(29)30)16-26-9-7-20(21(28)8-10-26)27-13-11-25(4)12-14-27/h5-6,15,20-21,28H,7-14,16-17H2,1-4H3,(H,29,30)/t20-,21-/m0/s1. The zero-order chi connectivity index (χ0) is 22.6. The normalized spacial score (nSPS) is 24.7. The number of carboxylic acids is 1. The summed E-state index contributed by atoms with van der Waals surface area (Å²) < 4.78 is 5.67. The van der Waals surface area contributed by atoms with E-state index in [1.807, 2.05) is 6.07 Å². The highest BCUT2D eigenvalue weighted by Gasteiger charge is 2.31. The lowest BCUT2D eigenvalue weighted by Gasteiger charge is -2.39. The summed E-state index contributed by atoms with van der Waals surface area (Å²) in [6, 6.07) is 6.38. The van der Waals surface area contributed by atoms with Crippen LogP contribution in [0.25, 0.3) is 0 Å². The first-order valence-electron chi connectivity index (χ1n) is 11.4. The maximum Gasteiger partial charge on any atom is 0.341 e. The third-order valence-electron chi connectivity index (χ3n) is 6.61. The van der Waals surface area contributed by atoms with Gasteiger partial charge in [-0.2, -0.15) is 0 Å². The molecule has 3 rings (SSSR count). The van der Waals surface area contributed by atoms with Crippen LogP contribution >= 0.6 is 0 Å². The van der Waals surface area contributed by atoms with Gasteiger partial charge in [-0.15, -0.1) is 0 Å². The minimum atomic E-state index is -0.972. The van der Waals surface area contributed by atoms with Gasteiger partial charge in [-0.05, 0) is 36.9 Å². The number of carboxylic acid groups (broad SMARTS) is 1. The summed E-state index contributed by atoms with van der Waals surface area (Å²) in [7, 11) is 2.15. The molecule has 0 aliphatic carbocycles. The second-order valence-electron chi connectivity index (χ2n) is 10.1. The summed E-state index contributed by atoms with van der Waals surface area (Å²) >= 11 is 0. The SMILES string of the molecule is CN1CCN([C@H]2CCN(Cc3ccc(C(C)(C)C)cc3OCC(=O)O)CC[C@@H]2O)CC1. The van der Waals surface area contributed by atoms with Crippen molar-refractivity contribution in [3.05, 3.63) is 29.3 Å². The average Bonchev–Trinajstić information content (AvgIpc) is 2.88. The molecule has 0 radical (unpaired) electrons. The second kappa shape index (κ2) is 10.3. The summed E-state index contributed by atoms with van der Waals surface area (Å²) in [6.45, 7) is 12.6. The minimum Gasteiger partial charge on any atom is -0.482 e. The quantitative estimate of drug-likeness (QED) is 0.711. The van der Waals surface area contributed by atoms with E-state index in [2.05, 4.69) is 54.7 Å². The van der Waals surface area contributed by atoms with E-state index in [1.165, 1.54) is 0 Å². The Labute approximate surface area is 186 Å². The number of aliphatic carboxylic acids is 1. The predicted octanol–water partition coefficient (Wildman–Crippen LogP) is 2.02. The average molecular weight is 434 g/mol. The Balaban J connectivity index is 1.69. The summed E-state index contributed by atoms with van der Waals surface area (Å²) in [6.07, 6.45) is 1.39. The largest absolute Gasteiger partial charge is 0.482 e. The van der Waals surface area contributed by atoms with Gasteiger partial charge in [-0.1, -0.05) is 32.9 Å². The molecule has 174 valence electrons. The fourth-order valence-electron chi connectivity index (χ4n) is 4.53. The zero-order valence-electron chi connectivity index (χ0n) is 19.5. The number of likely N-dealkylation sites (N-methyl/N-ethyl adjacent to an activating group) is 1. The van der Waals surface area contributed by atoms with Crippen molar-refractivity contribution in [3.63, 3.8) is 0 Å². The first-order valence-corrected chi connectivity index (χ1v) is 11.4. The van der Waals surface area contributed by atoms with Crippen LogP contribution in [-0.4, -0.2) is 96.0 Å². The Bertz CT molecular complexity index is 741. The molecular formula is C24H39N3O4. The number of likely N-dealkylation sites (tertiary alicyclic amines) is 1. The number of hydrogen-bond donors (Lipinski definition) is 2. The van der Waals surface area contributed by atoms with Gasteiger partial charge in [-0.3, -0.25) is 9.80 Å². The van der Waals surface area contributed by atoms with Gasteiger partial charge >= 0.3 is 5.97 Å². The van der Waals surface area contributed by atoms with E-state index in [9.17, 15) is 9.90 Å². The molecule has 1 aromatic carbocycles. The van der Waals surface area contributed by atoms with Gasteiger partial charge in [0, 0.05) is 57.4 Å². The first kappa shape index (κ1) is 24.0. The van der Waals surface area contributed by atoms with E-state index in [0.29, 0.717) is 12.3 Å². The van der Waals surface area contributed by atoms with Crippen LogP contribution in [0, 0.1) is 0 Å². The molecule has 7 heteroatoms. The van der Waals surface area contributed by atoms with Crippen molar-refractivity contribution >= 4 is 5.97 Å². The number of ether oxygens (including phenoxy) is 1. The van der Waals surface area contributed by atoms with Crippen LogP contribution in [0.3, 0.4) is 0 Å². The molecule has 2 aliphatic heterocycles.